The minimum Gasteiger partial charge on any atom is -0.538 e. The number of hydrogen-bond acceptors (Lipinski definition) is 9. The van der Waals surface area contributed by atoms with Gasteiger partial charge in [0.15, 0.2) is 0 Å². The van der Waals surface area contributed by atoms with E-state index in [4.69, 9.17) is 53.6 Å². The van der Waals surface area contributed by atoms with Gasteiger partial charge in [0.1, 0.15) is 5.82 Å². The Kier molecular flexibility index (Phi) is 27.6. The van der Waals surface area contributed by atoms with Gasteiger partial charge >= 0.3 is 51.4 Å². The van der Waals surface area contributed by atoms with Crippen molar-refractivity contribution in [1.29, 1.82) is 0 Å². The van der Waals surface area contributed by atoms with Gasteiger partial charge in [-0.05, 0) is 74.4 Å². The summed E-state index contributed by atoms with van der Waals surface area (Å²) in [6, 6.07) is 11.2. The number of likely N-dealkylation sites (tertiary alicyclic amines) is 1. The first-order chi connectivity index (χ1) is 27.1. The van der Waals surface area contributed by atoms with Crippen LogP contribution in [0.2, 0.25) is 10.0 Å². The fraction of sp³-hybridized carbons (Fsp3) is 0.619. The summed E-state index contributed by atoms with van der Waals surface area (Å²) in [5.41, 5.74) is 12.3. The number of halogens is 3. The van der Waals surface area contributed by atoms with E-state index >= 15 is 0 Å². The molecule has 3 fully saturated rings. The van der Waals surface area contributed by atoms with Crippen LogP contribution in [0.4, 0.5) is 10.1 Å². The van der Waals surface area contributed by atoms with E-state index in [2.05, 4.69) is 29.5 Å². The Balaban J connectivity index is 0.000000330. The van der Waals surface area contributed by atoms with Gasteiger partial charge < -0.3 is 52.9 Å². The van der Waals surface area contributed by atoms with Gasteiger partial charge in [0, 0.05) is 41.8 Å². The Morgan fingerprint density at radius 1 is 0.860 bits per heavy atom. The molecule has 2 saturated carbocycles. The largest absolute Gasteiger partial charge is 1.00 e. The van der Waals surface area contributed by atoms with Crippen molar-refractivity contribution in [2.75, 3.05) is 71.2 Å². The predicted octanol–water partition coefficient (Wildman–Crippen LogP) is 4.05. The number of benzene rings is 2. The summed E-state index contributed by atoms with van der Waals surface area (Å²) in [6.07, 6.45) is 13.2. The smallest absolute Gasteiger partial charge is 0.538 e. The molecule has 57 heavy (non-hydrogen) atoms. The second-order valence-corrected chi connectivity index (χ2v) is 15.2. The molecule has 2 aromatic carbocycles. The summed E-state index contributed by atoms with van der Waals surface area (Å²) in [5, 5.41) is 7.12. The van der Waals surface area contributed by atoms with Gasteiger partial charge in [0.25, 0.3) is 0 Å². The van der Waals surface area contributed by atoms with Gasteiger partial charge in [-0.1, -0.05) is 79.9 Å². The molecule has 6 N–H and O–H groups in total. The van der Waals surface area contributed by atoms with Crippen LogP contribution in [0.25, 0.3) is 0 Å². The zero-order valence-electron chi connectivity index (χ0n) is 33.9. The second-order valence-electron chi connectivity index (χ2n) is 14.4. The number of carbonyl (C=O) groups excluding carboxylic acids is 2. The normalized spacial score (nSPS) is 17.5. The number of nitrogens with one attached hydrogen (secondary N) is 2. The summed E-state index contributed by atoms with van der Waals surface area (Å²) in [7, 11) is 3.75. The Morgan fingerprint density at radius 2 is 1.44 bits per heavy atom. The number of primary amides is 1. The second kappa shape index (κ2) is 30.2. The third-order valence-electron chi connectivity index (χ3n) is 10.3. The first-order valence-electron chi connectivity index (χ1n) is 20.1. The number of nitrogens with zero attached hydrogens (tertiary/aromatic N) is 1. The molecular formula is C42H64Cl2FKN5O6-. The van der Waals surface area contributed by atoms with Crippen molar-refractivity contribution in [3.63, 3.8) is 0 Å². The first-order valence-corrected chi connectivity index (χ1v) is 20.8. The molecule has 15 heteroatoms. The zero-order valence-corrected chi connectivity index (χ0v) is 38.6. The third-order valence-corrected chi connectivity index (χ3v) is 10.9. The van der Waals surface area contributed by atoms with E-state index < -0.39 is 11.9 Å². The van der Waals surface area contributed by atoms with Crippen LogP contribution in [0.3, 0.4) is 0 Å². The third kappa shape index (κ3) is 19.6. The summed E-state index contributed by atoms with van der Waals surface area (Å²) in [6.45, 7) is 10.1. The van der Waals surface area contributed by atoms with E-state index in [0.29, 0.717) is 63.7 Å². The molecule has 1 heterocycles. The molecule has 0 aromatic heterocycles. The van der Waals surface area contributed by atoms with Crippen molar-refractivity contribution in [1.82, 2.24) is 10.2 Å². The molecule has 0 bridgehead atoms. The molecule has 1 saturated heterocycles. The topological polar surface area (TPSA) is 150 Å². The fourth-order valence-electron chi connectivity index (χ4n) is 7.32. The zero-order chi connectivity index (χ0) is 40.6. The van der Waals surface area contributed by atoms with E-state index in [9.17, 15) is 14.0 Å². The number of ether oxygens (including phenoxy) is 4. The van der Waals surface area contributed by atoms with E-state index in [1.807, 2.05) is 18.2 Å². The van der Waals surface area contributed by atoms with E-state index in [-0.39, 0.29) is 79.8 Å². The van der Waals surface area contributed by atoms with Crippen LogP contribution in [0, 0.1) is 25.7 Å². The van der Waals surface area contributed by atoms with Crippen molar-refractivity contribution in [3.05, 3.63) is 77.9 Å². The molecule has 316 valence electrons. The van der Waals surface area contributed by atoms with Crippen molar-refractivity contribution in [2.45, 2.75) is 94.7 Å². The maximum Gasteiger partial charge on any atom is 1.00 e. The number of piperidine rings is 1. The van der Waals surface area contributed by atoms with Crippen molar-refractivity contribution < 1.29 is 84.3 Å². The summed E-state index contributed by atoms with van der Waals surface area (Å²) in [4.78, 5) is 26.0. The Morgan fingerprint density at radius 3 is 1.98 bits per heavy atom. The standard InChI is InChI=1S/C20H38N2O5.C16H22ClN3O.C6H4ClF.K/c21-8-11-24-12-13-25-14-15-26-16-17-27-19-6-9-22(10-7-19)20(23)18-4-2-1-3-5-18;1-11(15(18)21)20-16(8-4-3-5-9-16)13-7-6-12(17)10-14(13)19-2;7-5-3-1-2-4-6(5)8;/h18-19H,1-17,21H2;6-7,10-11,19-20H,1-5,8-9H2,(H2,18,21);1-4H;/q;-2;;+1. The molecule has 11 nitrogen and oxygen atoms in total. The number of nitrogens with two attached hydrogens (primary N) is 2. The van der Waals surface area contributed by atoms with Crippen LogP contribution < -0.4 is 73.5 Å². The van der Waals surface area contributed by atoms with Gasteiger partial charge in [-0.2, -0.15) is 0 Å². The van der Waals surface area contributed by atoms with Crippen LogP contribution in [0.1, 0.15) is 82.6 Å². The van der Waals surface area contributed by atoms with Crippen LogP contribution in [0.5, 0.6) is 0 Å². The van der Waals surface area contributed by atoms with E-state index in [1.54, 1.807) is 12.1 Å². The predicted molar refractivity (Wildman–Crippen MR) is 222 cm³/mol. The molecule has 5 rings (SSSR count). The van der Waals surface area contributed by atoms with Crippen molar-refractivity contribution >= 4 is 40.7 Å². The fourth-order valence-corrected chi connectivity index (χ4v) is 7.63. The van der Waals surface area contributed by atoms with Crippen LogP contribution in [0.15, 0.2) is 42.5 Å². The molecule has 3 aliphatic rings. The molecule has 0 radical (unpaired) electrons. The average molecular weight is 864 g/mol. The number of carbonyl (C=O) groups is 2. The van der Waals surface area contributed by atoms with Gasteiger partial charge in [-0.15, -0.1) is 0 Å². The Labute approximate surface area is 392 Å². The monoisotopic (exact) mass is 862 g/mol. The maximum atomic E-state index is 12.6. The first kappa shape index (κ1) is 52.2. The molecule has 2 amide bonds. The summed E-state index contributed by atoms with van der Waals surface area (Å²) < 4.78 is 34.2. The number of anilines is 1. The van der Waals surface area contributed by atoms with E-state index in [0.717, 1.165) is 75.7 Å². The molecule has 1 unspecified atom stereocenters. The van der Waals surface area contributed by atoms with Crippen molar-refractivity contribution in [3.8, 4) is 0 Å². The summed E-state index contributed by atoms with van der Waals surface area (Å²) in [5.74, 6) is -0.156. The average Bonchev–Trinajstić information content (AvgIpc) is 3.22. The number of hydrogen-bond donors (Lipinski definition) is 4. The molecule has 0 spiro atoms. The van der Waals surface area contributed by atoms with Crippen molar-refractivity contribution in [2.24, 2.45) is 17.4 Å². The van der Waals surface area contributed by atoms with Crippen LogP contribution >= 0.6 is 23.2 Å². The molecule has 2 aromatic rings. The number of rotatable bonds is 18. The van der Waals surface area contributed by atoms with Gasteiger partial charge in [-0.25, -0.2) is 4.39 Å². The van der Waals surface area contributed by atoms with E-state index in [1.165, 1.54) is 37.8 Å². The molecule has 1 aliphatic heterocycles. The van der Waals surface area contributed by atoms with Crippen LogP contribution in [-0.2, 0) is 34.1 Å². The molecular weight excluding hydrogens is 799 g/mol. The van der Waals surface area contributed by atoms with Gasteiger partial charge in [0.05, 0.1) is 57.4 Å². The minimum atomic E-state index is -0.628. The van der Waals surface area contributed by atoms with Crippen LogP contribution in [-0.4, -0.2) is 94.7 Å². The summed E-state index contributed by atoms with van der Waals surface area (Å²) >= 11 is 11.4. The van der Waals surface area contributed by atoms with Gasteiger partial charge in [-0.3, -0.25) is 16.6 Å². The Hall–Kier alpha value is -0.914. The molecule has 1 atom stereocenters. The minimum absolute atomic E-state index is 0. The SMILES string of the molecule is Fc1ccccc1Cl.NCCOCCOCCOCCOC1CCN(C(=O)C2CCCCC2)CC1.[CH2-]Nc1cc(Cl)ccc1C1(NC([CH2-])C(N)=O)CCCCC1.[K+]. The maximum absolute atomic E-state index is 12.6. The van der Waals surface area contributed by atoms with Gasteiger partial charge in [0.2, 0.25) is 11.8 Å². The molecule has 2 aliphatic carbocycles. The Bertz CT molecular complexity index is 1390. The quantitative estimate of drug-likeness (QED) is 0.0990. The number of amides is 2.